The van der Waals surface area contributed by atoms with E-state index >= 15 is 0 Å². The maximum absolute atomic E-state index is 12.3. The summed E-state index contributed by atoms with van der Waals surface area (Å²) >= 11 is 0. The van der Waals surface area contributed by atoms with Gasteiger partial charge in [0.15, 0.2) is 0 Å². The van der Waals surface area contributed by atoms with E-state index in [1.165, 1.54) is 6.20 Å². The average Bonchev–Trinajstić information content (AvgIpc) is 3.00. The third-order valence-corrected chi connectivity index (χ3v) is 3.51. The Morgan fingerprint density at radius 3 is 2.61 bits per heavy atom. The average molecular weight is 309 g/mol. The van der Waals surface area contributed by atoms with Gasteiger partial charge in [0.25, 0.3) is 0 Å². The van der Waals surface area contributed by atoms with Crippen LogP contribution in [-0.4, -0.2) is 28.4 Å². The van der Waals surface area contributed by atoms with E-state index in [0.29, 0.717) is 22.9 Å². The summed E-state index contributed by atoms with van der Waals surface area (Å²) in [5.74, 6) is -0.449. The zero-order valence-electron chi connectivity index (χ0n) is 12.3. The van der Waals surface area contributed by atoms with E-state index in [-0.39, 0.29) is 6.61 Å². The van der Waals surface area contributed by atoms with Crippen LogP contribution in [0.1, 0.15) is 15.9 Å². The molecule has 0 unspecified atom stereocenters. The molecule has 0 saturated heterocycles. The molecule has 0 aliphatic heterocycles. The van der Waals surface area contributed by atoms with Crippen LogP contribution < -0.4 is 5.73 Å². The first-order chi connectivity index (χ1) is 11.2. The van der Waals surface area contributed by atoms with Crippen molar-refractivity contribution in [1.29, 1.82) is 0 Å². The van der Waals surface area contributed by atoms with E-state index in [1.807, 2.05) is 30.3 Å². The highest BCUT2D eigenvalue weighted by Crippen LogP contribution is 2.19. The van der Waals surface area contributed by atoms with Crippen molar-refractivity contribution in [1.82, 2.24) is 9.78 Å². The molecule has 0 atom stereocenters. The highest BCUT2D eigenvalue weighted by Gasteiger charge is 2.15. The van der Waals surface area contributed by atoms with Gasteiger partial charge in [-0.15, -0.1) is 0 Å². The molecule has 6 nitrogen and oxygen atoms in total. The summed E-state index contributed by atoms with van der Waals surface area (Å²) in [6, 6.07) is 14.1. The molecule has 0 bridgehead atoms. The molecule has 116 valence electrons. The number of carbonyl (C=O) groups excluding carboxylic acids is 2. The number of benzene rings is 2. The molecule has 1 amide bonds. The summed E-state index contributed by atoms with van der Waals surface area (Å²) in [6.45, 7) is 0.281. The van der Waals surface area contributed by atoms with Crippen LogP contribution in [0.2, 0.25) is 0 Å². The fraction of sp³-hybridized carbons (Fsp3) is 0.118. The van der Waals surface area contributed by atoms with Crippen LogP contribution in [0, 0.1) is 0 Å². The second kappa shape index (κ2) is 6.31. The van der Waals surface area contributed by atoms with Gasteiger partial charge in [0.05, 0.1) is 23.9 Å². The number of carbonyl (C=O) groups is 2. The SMILES string of the molecule is NC(=O)n1ncc2c(C(=O)OCCc3ccccc3)cccc21. The zero-order valence-corrected chi connectivity index (χ0v) is 12.3. The van der Waals surface area contributed by atoms with Crippen LogP contribution in [0.3, 0.4) is 0 Å². The van der Waals surface area contributed by atoms with Gasteiger partial charge < -0.3 is 10.5 Å². The van der Waals surface area contributed by atoms with Gasteiger partial charge in [-0.25, -0.2) is 9.59 Å². The monoisotopic (exact) mass is 309 g/mol. The predicted molar refractivity (Wildman–Crippen MR) is 85.1 cm³/mol. The Kier molecular flexibility index (Phi) is 4.05. The first-order valence-electron chi connectivity index (χ1n) is 7.14. The zero-order chi connectivity index (χ0) is 16.2. The second-order valence-electron chi connectivity index (χ2n) is 5.00. The van der Waals surface area contributed by atoms with Crippen molar-refractivity contribution >= 4 is 22.9 Å². The van der Waals surface area contributed by atoms with Crippen molar-refractivity contribution in [3.8, 4) is 0 Å². The number of nitrogens with two attached hydrogens (primary N) is 1. The quantitative estimate of drug-likeness (QED) is 0.749. The predicted octanol–water partition coefficient (Wildman–Crippen LogP) is 2.36. The molecular weight excluding hydrogens is 294 g/mol. The molecule has 6 heteroatoms. The van der Waals surface area contributed by atoms with Gasteiger partial charge >= 0.3 is 12.0 Å². The summed E-state index contributed by atoms with van der Waals surface area (Å²) in [7, 11) is 0. The second-order valence-corrected chi connectivity index (χ2v) is 5.00. The molecule has 0 radical (unpaired) electrons. The van der Waals surface area contributed by atoms with Gasteiger partial charge in [0, 0.05) is 11.8 Å². The standard InChI is InChI=1S/C17H15N3O3/c18-17(22)20-15-8-4-7-13(14(15)11-19-20)16(21)23-10-9-12-5-2-1-3-6-12/h1-8,11H,9-10H2,(H2,18,22). The third kappa shape index (κ3) is 3.06. The van der Waals surface area contributed by atoms with E-state index in [0.717, 1.165) is 10.2 Å². The van der Waals surface area contributed by atoms with Gasteiger partial charge in [0.2, 0.25) is 0 Å². The summed E-state index contributed by atoms with van der Waals surface area (Å²) in [5, 5.41) is 4.44. The Morgan fingerprint density at radius 1 is 1.09 bits per heavy atom. The topological polar surface area (TPSA) is 87.2 Å². The molecule has 1 aromatic heterocycles. The van der Waals surface area contributed by atoms with Crippen molar-refractivity contribution in [2.24, 2.45) is 5.73 Å². The molecule has 23 heavy (non-hydrogen) atoms. The minimum atomic E-state index is -0.699. The molecule has 3 rings (SSSR count). The maximum Gasteiger partial charge on any atom is 0.340 e. The van der Waals surface area contributed by atoms with Gasteiger partial charge in [-0.05, 0) is 17.7 Å². The molecule has 0 aliphatic carbocycles. The Bertz CT molecular complexity index is 856. The van der Waals surface area contributed by atoms with E-state index < -0.39 is 12.0 Å². The number of hydrogen-bond acceptors (Lipinski definition) is 4. The Morgan fingerprint density at radius 2 is 1.87 bits per heavy atom. The number of esters is 1. The van der Waals surface area contributed by atoms with Gasteiger partial charge in [0.1, 0.15) is 0 Å². The van der Waals surface area contributed by atoms with E-state index in [1.54, 1.807) is 18.2 Å². The molecule has 0 aliphatic rings. The lowest BCUT2D eigenvalue weighted by molar-refractivity contribution is 0.0511. The summed E-state index contributed by atoms with van der Waals surface area (Å²) in [4.78, 5) is 23.5. The molecule has 0 spiro atoms. The molecule has 0 fully saturated rings. The van der Waals surface area contributed by atoms with Crippen molar-refractivity contribution in [2.75, 3.05) is 6.61 Å². The summed E-state index contributed by atoms with van der Waals surface area (Å²) in [5.41, 5.74) is 7.18. The first-order valence-corrected chi connectivity index (χ1v) is 7.14. The molecule has 3 aromatic rings. The van der Waals surface area contributed by atoms with E-state index in [9.17, 15) is 9.59 Å². The molecular formula is C17H15N3O3. The number of aromatic nitrogens is 2. The number of primary amides is 1. The fourth-order valence-electron chi connectivity index (χ4n) is 2.39. The third-order valence-electron chi connectivity index (χ3n) is 3.51. The Balaban J connectivity index is 1.75. The number of rotatable bonds is 4. The summed E-state index contributed by atoms with van der Waals surface area (Å²) < 4.78 is 6.37. The lowest BCUT2D eigenvalue weighted by atomic mass is 10.1. The molecule has 2 aromatic carbocycles. The molecule has 0 saturated carbocycles. The van der Waals surface area contributed by atoms with Gasteiger partial charge in [-0.2, -0.15) is 9.78 Å². The van der Waals surface area contributed by atoms with Crippen molar-refractivity contribution < 1.29 is 14.3 Å². The minimum Gasteiger partial charge on any atom is -0.462 e. The van der Waals surface area contributed by atoms with Crippen molar-refractivity contribution in [2.45, 2.75) is 6.42 Å². The highest BCUT2D eigenvalue weighted by molar-refractivity contribution is 6.05. The van der Waals surface area contributed by atoms with Crippen LogP contribution >= 0.6 is 0 Å². The Labute approximate surface area is 132 Å². The van der Waals surface area contributed by atoms with Gasteiger partial charge in [-0.3, -0.25) is 0 Å². The van der Waals surface area contributed by atoms with E-state index in [2.05, 4.69) is 5.10 Å². The lowest BCUT2D eigenvalue weighted by Gasteiger charge is -2.06. The van der Waals surface area contributed by atoms with Gasteiger partial charge in [-0.1, -0.05) is 36.4 Å². The Hall–Kier alpha value is -3.15. The summed E-state index contributed by atoms with van der Waals surface area (Å²) in [6.07, 6.45) is 2.08. The smallest absolute Gasteiger partial charge is 0.340 e. The van der Waals surface area contributed by atoms with E-state index in [4.69, 9.17) is 10.5 Å². The maximum atomic E-state index is 12.3. The number of nitrogens with zero attached hydrogens (tertiary/aromatic N) is 2. The minimum absolute atomic E-state index is 0.281. The van der Waals surface area contributed by atoms with Crippen LogP contribution in [-0.2, 0) is 11.2 Å². The van der Waals surface area contributed by atoms with Crippen molar-refractivity contribution in [3.05, 3.63) is 65.9 Å². The number of hydrogen-bond donors (Lipinski definition) is 1. The molecule has 1 heterocycles. The highest BCUT2D eigenvalue weighted by atomic mass is 16.5. The largest absolute Gasteiger partial charge is 0.462 e. The fourth-order valence-corrected chi connectivity index (χ4v) is 2.39. The van der Waals surface area contributed by atoms with Crippen LogP contribution in [0.4, 0.5) is 4.79 Å². The van der Waals surface area contributed by atoms with Crippen LogP contribution in [0.25, 0.3) is 10.9 Å². The van der Waals surface area contributed by atoms with Crippen LogP contribution in [0.15, 0.2) is 54.7 Å². The first kappa shape index (κ1) is 14.8. The molecule has 2 N–H and O–H groups in total. The van der Waals surface area contributed by atoms with Crippen molar-refractivity contribution in [3.63, 3.8) is 0 Å². The number of fused-ring (bicyclic) bond motifs is 1. The normalized spacial score (nSPS) is 10.6. The van der Waals surface area contributed by atoms with Crippen LogP contribution in [0.5, 0.6) is 0 Å². The number of ether oxygens (including phenoxy) is 1. The number of amides is 1. The lowest BCUT2D eigenvalue weighted by Crippen LogP contribution is -2.20.